The van der Waals surface area contributed by atoms with Crippen LogP contribution in [0.15, 0.2) is 105 Å². The van der Waals surface area contributed by atoms with Crippen LogP contribution < -0.4 is 0 Å². The van der Waals surface area contributed by atoms with Gasteiger partial charge in [-0.25, -0.2) is 26.8 Å². The standard InChI is InChI=1S/C18H14N2O6S2.C16H10N2O2/c1-27(23,24)9-3-5-13-11(7-9)17(21)15(19-13)16-18(22)12-8-10(28(2,25)26)4-6-14(12)20-16;19-15-9-5-1-3-7-11(9)17-13(15)14-16(20)10-6-2-4-8-12(10)18-14/h3-8,19,21H,1-2H3;1-8,17,19H. The Kier molecular flexibility index (Phi) is 6.96. The maximum Gasteiger partial charge on any atom is 0.215 e. The van der Waals surface area contributed by atoms with Gasteiger partial charge in [0.05, 0.1) is 26.7 Å². The van der Waals surface area contributed by atoms with E-state index in [1.807, 2.05) is 24.3 Å². The number of H-pyrrole nitrogens is 2. The maximum absolute atomic E-state index is 12.8. The second-order valence-corrected chi connectivity index (χ2v) is 15.3. The van der Waals surface area contributed by atoms with E-state index in [2.05, 4.69) is 20.0 Å². The van der Waals surface area contributed by atoms with E-state index in [-0.39, 0.29) is 55.1 Å². The zero-order valence-corrected chi connectivity index (χ0v) is 26.8. The molecule has 2 aliphatic heterocycles. The number of hydrogen-bond acceptors (Lipinski definition) is 10. The maximum atomic E-state index is 12.8. The molecular weight excluding hydrogens is 657 g/mol. The van der Waals surface area contributed by atoms with Gasteiger partial charge in [0.25, 0.3) is 0 Å². The molecule has 0 unspecified atom stereocenters. The van der Waals surface area contributed by atoms with E-state index in [0.717, 1.165) is 18.0 Å². The van der Waals surface area contributed by atoms with Gasteiger partial charge in [-0.15, -0.1) is 0 Å². The lowest BCUT2D eigenvalue weighted by atomic mass is 10.1. The van der Waals surface area contributed by atoms with E-state index in [1.165, 1.54) is 36.4 Å². The van der Waals surface area contributed by atoms with E-state index in [9.17, 15) is 36.6 Å². The number of sulfone groups is 2. The lowest BCUT2D eigenvalue weighted by Crippen LogP contribution is -2.12. The minimum atomic E-state index is -3.49. The second kappa shape index (κ2) is 10.9. The van der Waals surface area contributed by atoms with E-state index >= 15 is 0 Å². The fourth-order valence-electron chi connectivity index (χ4n) is 5.58. The predicted octanol–water partition coefficient (Wildman–Crippen LogP) is 5.19. The van der Waals surface area contributed by atoms with Crippen molar-refractivity contribution in [2.45, 2.75) is 9.79 Å². The minimum absolute atomic E-state index is 0.00490. The number of fused-ring (bicyclic) bond motifs is 4. The molecule has 0 aliphatic carbocycles. The summed E-state index contributed by atoms with van der Waals surface area (Å²) in [4.78, 5) is 39.7. The Morgan fingerprint density at radius 3 is 1.69 bits per heavy atom. The predicted molar refractivity (Wildman–Crippen MR) is 180 cm³/mol. The summed E-state index contributed by atoms with van der Waals surface area (Å²) in [6, 6.07) is 22.8. The molecule has 4 heterocycles. The molecule has 8 rings (SSSR count). The van der Waals surface area contributed by atoms with Crippen molar-refractivity contribution in [1.82, 2.24) is 9.97 Å². The number of para-hydroxylation sites is 2. The van der Waals surface area contributed by atoms with Crippen molar-refractivity contribution >= 4 is 75.8 Å². The molecule has 6 aromatic rings. The molecule has 48 heavy (non-hydrogen) atoms. The highest BCUT2D eigenvalue weighted by atomic mass is 32.2. The summed E-state index contributed by atoms with van der Waals surface area (Å²) in [5, 5.41) is 21.8. The Hall–Kier alpha value is -5.86. The first-order valence-corrected chi connectivity index (χ1v) is 18.1. The van der Waals surface area contributed by atoms with Gasteiger partial charge >= 0.3 is 0 Å². The Labute approximate surface area is 273 Å². The topological polar surface area (TPSA) is 199 Å². The molecule has 0 radical (unpaired) electrons. The van der Waals surface area contributed by atoms with Crippen LogP contribution in [0.2, 0.25) is 0 Å². The molecule has 0 bridgehead atoms. The van der Waals surface area contributed by atoms with E-state index in [0.29, 0.717) is 33.5 Å². The average molecular weight is 681 g/mol. The van der Waals surface area contributed by atoms with Gasteiger partial charge in [0.1, 0.15) is 22.8 Å². The Balaban J connectivity index is 0.000000160. The van der Waals surface area contributed by atoms with Gasteiger partial charge in [0, 0.05) is 39.9 Å². The number of rotatable bonds is 4. The van der Waals surface area contributed by atoms with Crippen molar-refractivity contribution < 1.29 is 36.6 Å². The van der Waals surface area contributed by atoms with Crippen LogP contribution in [-0.4, -0.2) is 72.5 Å². The van der Waals surface area contributed by atoms with E-state index in [1.54, 1.807) is 24.3 Å². The van der Waals surface area contributed by atoms with Gasteiger partial charge in [-0.1, -0.05) is 24.3 Å². The van der Waals surface area contributed by atoms with Crippen LogP contribution >= 0.6 is 0 Å². The van der Waals surface area contributed by atoms with Crippen LogP contribution in [0.5, 0.6) is 11.5 Å². The smallest absolute Gasteiger partial charge is 0.215 e. The van der Waals surface area contributed by atoms with Crippen molar-refractivity contribution in [1.29, 1.82) is 0 Å². The highest BCUT2D eigenvalue weighted by molar-refractivity contribution is 7.91. The number of benzene rings is 4. The monoisotopic (exact) mass is 680 g/mol. The Morgan fingerprint density at radius 2 is 1.06 bits per heavy atom. The number of nitrogens with one attached hydrogen (secondary N) is 2. The molecule has 0 spiro atoms. The van der Waals surface area contributed by atoms with Crippen LogP contribution in [0.25, 0.3) is 21.8 Å². The highest BCUT2D eigenvalue weighted by Crippen LogP contribution is 2.37. The molecule has 0 saturated carbocycles. The number of aromatic amines is 2. The molecule has 0 atom stereocenters. The first-order chi connectivity index (χ1) is 22.7. The SMILES string of the molecule is CS(=O)(=O)c1ccc2c(c1)C(=O)C(c1[nH]c3ccc(S(C)(=O)=O)cc3c1O)=N2.O=C1C(c2[nH]c3ccccc3c2O)=Nc2ccccc21. The summed E-state index contributed by atoms with van der Waals surface area (Å²) in [5.41, 5.74) is 3.46. The summed E-state index contributed by atoms with van der Waals surface area (Å²) in [5.74, 6) is -0.933. The normalized spacial score (nSPS) is 14.0. The summed E-state index contributed by atoms with van der Waals surface area (Å²) in [6.45, 7) is 0. The molecule has 4 aromatic carbocycles. The van der Waals surface area contributed by atoms with E-state index < -0.39 is 25.5 Å². The number of aliphatic imine (C=N–C) groups is 2. The minimum Gasteiger partial charge on any atom is -0.505 e. The number of ketones is 2. The lowest BCUT2D eigenvalue weighted by Gasteiger charge is -2.01. The van der Waals surface area contributed by atoms with E-state index in [4.69, 9.17) is 0 Å². The van der Waals surface area contributed by atoms with Crippen molar-refractivity contribution in [2.75, 3.05) is 12.5 Å². The molecule has 0 saturated heterocycles. The molecule has 14 heteroatoms. The third-order valence-electron chi connectivity index (χ3n) is 8.01. The fraction of sp³-hybridized carbons (Fsp3) is 0.0588. The molecule has 0 amide bonds. The molecule has 4 N–H and O–H groups in total. The number of aromatic nitrogens is 2. The van der Waals surface area contributed by atoms with Gasteiger partial charge in [0.15, 0.2) is 31.2 Å². The molecule has 12 nitrogen and oxygen atoms in total. The molecule has 2 aromatic heterocycles. The van der Waals surface area contributed by atoms with Crippen LogP contribution in [0, 0.1) is 0 Å². The van der Waals surface area contributed by atoms with Gasteiger partial charge in [0.2, 0.25) is 11.6 Å². The van der Waals surface area contributed by atoms with Crippen molar-refractivity contribution in [3.05, 3.63) is 107 Å². The van der Waals surface area contributed by atoms with Crippen molar-refractivity contribution in [3.8, 4) is 11.5 Å². The summed E-state index contributed by atoms with van der Waals surface area (Å²) in [6.07, 6.45) is 2.10. The van der Waals surface area contributed by atoms with Crippen LogP contribution in [0.1, 0.15) is 32.1 Å². The number of Topliss-reactive ketones (excluding diaryl/α,β-unsaturated/α-hetero) is 2. The number of carbonyl (C=O) groups is 2. The summed E-state index contributed by atoms with van der Waals surface area (Å²) in [7, 11) is -6.97. The first-order valence-electron chi connectivity index (χ1n) is 14.3. The average Bonchev–Trinajstić information content (AvgIpc) is 3.77. The zero-order valence-electron chi connectivity index (χ0n) is 25.1. The molecule has 2 aliphatic rings. The van der Waals surface area contributed by atoms with Crippen molar-refractivity contribution in [3.63, 3.8) is 0 Å². The molecular formula is C34H24N4O8S2. The number of carbonyl (C=O) groups excluding carboxylic acids is 2. The quantitative estimate of drug-likeness (QED) is 0.195. The second-order valence-electron chi connectivity index (χ2n) is 11.3. The van der Waals surface area contributed by atoms with Crippen LogP contribution in [0.3, 0.4) is 0 Å². The first kappa shape index (κ1) is 30.8. The highest BCUT2D eigenvalue weighted by Gasteiger charge is 2.31. The van der Waals surface area contributed by atoms with Crippen LogP contribution in [0.4, 0.5) is 11.4 Å². The fourth-order valence-corrected chi connectivity index (χ4v) is 6.88. The van der Waals surface area contributed by atoms with Gasteiger partial charge in [-0.05, 0) is 60.7 Å². The number of aromatic hydroxyl groups is 2. The Bertz CT molecular complexity index is 2680. The van der Waals surface area contributed by atoms with Gasteiger partial charge in [-0.2, -0.15) is 0 Å². The van der Waals surface area contributed by atoms with Gasteiger partial charge < -0.3 is 20.2 Å². The number of hydrogen-bond donors (Lipinski definition) is 4. The third-order valence-corrected chi connectivity index (χ3v) is 10.2. The van der Waals surface area contributed by atoms with Crippen LogP contribution in [-0.2, 0) is 19.7 Å². The summed E-state index contributed by atoms with van der Waals surface area (Å²) >= 11 is 0. The summed E-state index contributed by atoms with van der Waals surface area (Å²) < 4.78 is 47.0. The largest absolute Gasteiger partial charge is 0.505 e. The van der Waals surface area contributed by atoms with Gasteiger partial charge in [-0.3, -0.25) is 9.59 Å². The van der Waals surface area contributed by atoms with Crippen molar-refractivity contribution in [2.24, 2.45) is 9.98 Å². The zero-order chi connectivity index (χ0) is 34.1. The third kappa shape index (κ3) is 5.07. The molecule has 240 valence electrons. The molecule has 0 fully saturated rings. The Morgan fingerprint density at radius 1 is 0.562 bits per heavy atom. The number of nitrogens with zero attached hydrogens (tertiary/aromatic N) is 2. The lowest BCUT2D eigenvalue weighted by molar-refractivity contribution is 0.106.